The number of likely N-dealkylation sites (tertiary alicyclic amines) is 1. The molecule has 26 heavy (non-hydrogen) atoms. The Morgan fingerprint density at radius 2 is 1.92 bits per heavy atom. The smallest absolute Gasteiger partial charge is 0.156 e. The molecular formula is C20H21Cl2N3O. The molecule has 0 amide bonds. The van der Waals surface area contributed by atoms with Crippen molar-refractivity contribution in [3.63, 3.8) is 0 Å². The number of hydrogen-bond acceptors (Lipinski definition) is 4. The van der Waals surface area contributed by atoms with Crippen molar-refractivity contribution in [3.8, 4) is 5.75 Å². The van der Waals surface area contributed by atoms with Gasteiger partial charge in [-0.25, -0.2) is 0 Å². The van der Waals surface area contributed by atoms with Crippen LogP contribution < -0.4 is 10.2 Å². The molecule has 0 bridgehead atoms. The van der Waals surface area contributed by atoms with E-state index in [1.165, 1.54) is 11.3 Å². The van der Waals surface area contributed by atoms with Crippen molar-refractivity contribution >= 4 is 28.9 Å². The second-order valence-corrected chi connectivity index (χ2v) is 7.62. The summed E-state index contributed by atoms with van der Waals surface area (Å²) >= 11 is 12.7. The van der Waals surface area contributed by atoms with E-state index in [0.29, 0.717) is 21.7 Å². The molecule has 2 atom stereocenters. The molecule has 2 aliphatic heterocycles. The predicted octanol–water partition coefficient (Wildman–Crippen LogP) is 4.52. The van der Waals surface area contributed by atoms with E-state index in [0.717, 1.165) is 31.6 Å². The van der Waals surface area contributed by atoms with Crippen molar-refractivity contribution in [1.82, 2.24) is 10.3 Å². The fourth-order valence-corrected chi connectivity index (χ4v) is 4.52. The lowest BCUT2D eigenvalue weighted by molar-refractivity contribution is 0.220. The van der Waals surface area contributed by atoms with Crippen LogP contribution in [0.5, 0.6) is 5.75 Å². The normalized spacial score (nSPS) is 22.5. The number of methoxy groups -OCH3 is 1. The summed E-state index contributed by atoms with van der Waals surface area (Å²) in [6, 6.07) is 14.5. The maximum absolute atomic E-state index is 6.34. The SMILES string of the molecule is COc1c(Cl)cc(C2NN=C3CCN(Cc4ccccc4)CC32)cc1Cl. The highest BCUT2D eigenvalue weighted by molar-refractivity contribution is 6.37. The molecule has 2 aromatic rings. The lowest BCUT2D eigenvalue weighted by Gasteiger charge is -2.33. The van der Waals surface area contributed by atoms with E-state index in [9.17, 15) is 0 Å². The molecule has 136 valence electrons. The van der Waals surface area contributed by atoms with Crippen molar-refractivity contribution < 1.29 is 4.74 Å². The van der Waals surface area contributed by atoms with Gasteiger partial charge in [0.05, 0.1) is 23.2 Å². The summed E-state index contributed by atoms with van der Waals surface area (Å²) in [5.74, 6) is 0.846. The fraction of sp³-hybridized carbons (Fsp3) is 0.350. The van der Waals surface area contributed by atoms with Gasteiger partial charge in [-0.1, -0.05) is 53.5 Å². The second-order valence-electron chi connectivity index (χ2n) is 6.80. The number of benzene rings is 2. The number of rotatable bonds is 4. The van der Waals surface area contributed by atoms with Gasteiger partial charge < -0.3 is 10.2 Å². The van der Waals surface area contributed by atoms with Gasteiger partial charge in [-0.05, 0) is 23.3 Å². The molecule has 1 fully saturated rings. The topological polar surface area (TPSA) is 36.9 Å². The third-order valence-corrected chi connectivity index (χ3v) is 5.71. The first-order valence-electron chi connectivity index (χ1n) is 8.77. The van der Waals surface area contributed by atoms with Gasteiger partial charge in [0.25, 0.3) is 0 Å². The molecule has 0 saturated carbocycles. The van der Waals surface area contributed by atoms with E-state index < -0.39 is 0 Å². The Labute approximate surface area is 163 Å². The lowest BCUT2D eigenvalue weighted by Crippen LogP contribution is -2.41. The van der Waals surface area contributed by atoms with Crippen LogP contribution >= 0.6 is 23.2 Å². The van der Waals surface area contributed by atoms with E-state index in [1.54, 1.807) is 7.11 Å². The van der Waals surface area contributed by atoms with Crippen molar-refractivity contribution in [2.75, 3.05) is 20.2 Å². The van der Waals surface area contributed by atoms with Crippen LogP contribution in [0.2, 0.25) is 10.0 Å². The number of hydrogen-bond donors (Lipinski definition) is 1. The number of nitrogens with one attached hydrogen (secondary N) is 1. The molecule has 0 radical (unpaired) electrons. The Hall–Kier alpha value is -1.75. The first kappa shape index (κ1) is 17.7. The Morgan fingerprint density at radius 1 is 1.19 bits per heavy atom. The van der Waals surface area contributed by atoms with Crippen LogP contribution in [0.25, 0.3) is 0 Å². The maximum atomic E-state index is 6.34. The van der Waals surface area contributed by atoms with Gasteiger partial charge in [-0.3, -0.25) is 4.90 Å². The third-order valence-electron chi connectivity index (χ3n) is 5.15. The molecule has 1 N–H and O–H groups in total. The minimum absolute atomic E-state index is 0.0875. The predicted molar refractivity (Wildman–Crippen MR) is 106 cm³/mol. The summed E-state index contributed by atoms with van der Waals surface area (Å²) in [7, 11) is 1.57. The molecule has 0 aliphatic carbocycles. The third kappa shape index (κ3) is 3.41. The zero-order valence-corrected chi connectivity index (χ0v) is 16.1. The highest BCUT2D eigenvalue weighted by Crippen LogP contribution is 2.39. The molecule has 6 heteroatoms. The highest BCUT2D eigenvalue weighted by atomic mass is 35.5. The highest BCUT2D eigenvalue weighted by Gasteiger charge is 2.37. The van der Waals surface area contributed by atoms with Crippen molar-refractivity contribution in [3.05, 3.63) is 63.6 Å². The van der Waals surface area contributed by atoms with Crippen LogP contribution in [-0.2, 0) is 6.54 Å². The lowest BCUT2D eigenvalue weighted by atomic mass is 9.86. The minimum Gasteiger partial charge on any atom is -0.494 e. The summed E-state index contributed by atoms with van der Waals surface area (Å²) < 4.78 is 5.26. The summed E-state index contributed by atoms with van der Waals surface area (Å²) in [5, 5.41) is 5.64. The maximum Gasteiger partial charge on any atom is 0.156 e. The summed E-state index contributed by atoms with van der Waals surface area (Å²) in [4.78, 5) is 2.49. The molecule has 0 aromatic heterocycles. The Morgan fingerprint density at radius 3 is 2.62 bits per heavy atom. The van der Waals surface area contributed by atoms with Crippen molar-refractivity contribution in [2.45, 2.75) is 19.0 Å². The van der Waals surface area contributed by atoms with Gasteiger partial charge in [0, 0.05) is 37.7 Å². The molecule has 2 aromatic carbocycles. The molecule has 0 spiro atoms. The molecule has 2 aliphatic rings. The molecular weight excluding hydrogens is 369 g/mol. The van der Waals surface area contributed by atoms with Gasteiger partial charge in [0.1, 0.15) is 0 Å². The summed E-state index contributed by atoms with van der Waals surface area (Å²) in [6.07, 6.45) is 0.985. The largest absolute Gasteiger partial charge is 0.494 e. The molecule has 2 unspecified atom stereocenters. The monoisotopic (exact) mass is 389 g/mol. The number of fused-ring (bicyclic) bond motifs is 1. The van der Waals surface area contributed by atoms with E-state index in [4.69, 9.17) is 27.9 Å². The van der Waals surface area contributed by atoms with Gasteiger partial charge in [0.2, 0.25) is 0 Å². The summed E-state index contributed by atoms with van der Waals surface area (Å²) in [5.41, 5.74) is 6.92. The van der Waals surface area contributed by atoms with E-state index in [1.807, 2.05) is 12.1 Å². The molecule has 4 rings (SSSR count). The Bertz CT molecular complexity index is 802. The Balaban J connectivity index is 1.53. The average Bonchev–Trinajstić information content (AvgIpc) is 3.05. The first-order chi connectivity index (χ1) is 12.7. The minimum atomic E-state index is 0.0875. The van der Waals surface area contributed by atoms with Crippen molar-refractivity contribution in [1.29, 1.82) is 0 Å². The van der Waals surface area contributed by atoms with E-state index >= 15 is 0 Å². The van der Waals surface area contributed by atoms with Gasteiger partial charge in [-0.15, -0.1) is 0 Å². The van der Waals surface area contributed by atoms with Crippen LogP contribution in [0.4, 0.5) is 0 Å². The number of piperidine rings is 1. The number of nitrogens with zero attached hydrogens (tertiary/aromatic N) is 2. The van der Waals surface area contributed by atoms with Crippen LogP contribution in [0.3, 0.4) is 0 Å². The summed E-state index contributed by atoms with van der Waals surface area (Å²) in [6.45, 7) is 2.96. The number of halogens is 2. The van der Waals surface area contributed by atoms with Crippen LogP contribution in [0.1, 0.15) is 23.6 Å². The van der Waals surface area contributed by atoms with E-state index in [-0.39, 0.29) is 6.04 Å². The quantitative estimate of drug-likeness (QED) is 0.834. The zero-order chi connectivity index (χ0) is 18.1. The van der Waals surface area contributed by atoms with Crippen LogP contribution in [0, 0.1) is 5.92 Å². The molecule has 2 heterocycles. The zero-order valence-electron chi connectivity index (χ0n) is 14.6. The Kier molecular flexibility index (Phi) is 5.07. The van der Waals surface area contributed by atoms with Gasteiger partial charge in [0.15, 0.2) is 5.75 Å². The van der Waals surface area contributed by atoms with Crippen molar-refractivity contribution in [2.24, 2.45) is 11.0 Å². The number of hydrazone groups is 1. The number of ether oxygens (including phenoxy) is 1. The molecule has 4 nitrogen and oxygen atoms in total. The van der Waals surface area contributed by atoms with Crippen LogP contribution in [0.15, 0.2) is 47.6 Å². The van der Waals surface area contributed by atoms with Gasteiger partial charge >= 0.3 is 0 Å². The van der Waals surface area contributed by atoms with Crippen LogP contribution in [-0.4, -0.2) is 30.8 Å². The van der Waals surface area contributed by atoms with Gasteiger partial charge in [-0.2, -0.15) is 5.10 Å². The van der Waals surface area contributed by atoms with E-state index in [2.05, 4.69) is 45.8 Å². The average molecular weight is 390 g/mol. The first-order valence-corrected chi connectivity index (χ1v) is 9.52. The molecule has 1 saturated heterocycles. The standard InChI is InChI=1S/C20H21Cl2N3O/c1-26-20-16(21)9-14(10-17(20)22)19-15-12-25(8-7-18(15)23-24-19)11-13-5-3-2-4-6-13/h2-6,9-10,15,19,24H,7-8,11-12H2,1H3. The fourth-order valence-electron chi connectivity index (χ4n) is 3.86. The second kappa shape index (κ2) is 7.47.